The lowest BCUT2D eigenvalue weighted by atomic mass is 10.2. The standard InChI is InChI=1S/C12H9ClN2O4S2/c1-6-2-9(15(18)19)8(13)4-10(6)21-12-14-7(5-20-12)3-11(16)17/h2,4-5H,3H2,1H3,(H,16,17). The maximum Gasteiger partial charge on any atom is 0.309 e. The van der Waals surface area contributed by atoms with Gasteiger partial charge in [0, 0.05) is 16.3 Å². The van der Waals surface area contributed by atoms with Crippen LogP contribution in [0.3, 0.4) is 0 Å². The van der Waals surface area contributed by atoms with Crippen molar-refractivity contribution in [3.8, 4) is 0 Å². The summed E-state index contributed by atoms with van der Waals surface area (Å²) < 4.78 is 0.666. The Kier molecular flexibility index (Phi) is 4.81. The van der Waals surface area contributed by atoms with Crippen LogP contribution in [0.5, 0.6) is 0 Å². The van der Waals surface area contributed by atoms with Crippen LogP contribution in [-0.4, -0.2) is 21.0 Å². The molecule has 0 aliphatic heterocycles. The Morgan fingerprint density at radius 2 is 2.29 bits per heavy atom. The summed E-state index contributed by atoms with van der Waals surface area (Å²) in [6, 6.07) is 2.94. The van der Waals surface area contributed by atoms with E-state index in [4.69, 9.17) is 16.7 Å². The number of nitro groups is 1. The summed E-state index contributed by atoms with van der Waals surface area (Å²) in [6.45, 7) is 1.75. The number of halogens is 1. The number of thiazole rings is 1. The van der Waals surface area contributed by atoms with Gasteiger partial charge in [0.25, 0.3) is 5.69 Å². The number of aliphatic carboxylic acids is 1. The molecule has 110 valence electrons. The third kappa shape index (κ3) is 3.93. The summed E-state index contributed by atoms with van der Waals surface area (Å²) in [6.07, 6.45) is -0.128. The van der Waals surface area contributed by atoms with Gasteiger partial charge in [-0.2, -0.15) is 0 Å². The highest BCUT2D eigenvalue weighted by Crippen LogP contribution is 2.37. The molecule has 6 nitrogen and oxygen atoms in total. The fourth-order valence-electron chi connectivity index (χ4n) is 1.56. The maximum absolute atomic E-state index is 10.8. The van der Waals surface area contributed by atoms with E-state index in [1.165, 1.54) is 35.2 Å². The minimum Gasteiger partial charge on any atom is -0.481 e. The van der Waals surface area contributed by atoms with E-state index in [1.54, 1.807) is 12.3 Å². The van der Waals surface area contributed by atoms with Crippen molar-refractivity contribution in [2.75, 3.05) is 0 Å². The SMILES string of the molecule is Cc1cc([N+](=O)[O-])c(Cl)cc1Sc1nc(CC(=O)O)cs1. The van der Waals surface area contributed by atoms with E-state index in [0.29, 0.717) is 15.6 Å². The molecule has 1 aromatic carbocycles. The highest BCUT2D eigenvalue weighted by atomic mass is 35.5. The molecule has 2 aromatic rings. The van der Waals surface area contributed by atoms with Gasteiger partial charge >= 0.3 is 5.97 Å². The minimum atomic E-state index is -0.939. The molecule has 0 aliphatic carbocycles. The van der Waals surface area contributed by atoms with Gasteiger partial charge in [-0.05, 0) is 18.6 Å². The van der Waals surface area contributed by atoms with Gasteiger partial charge in [0.2, 0.25) is 0 Å². The highest BCUT2D eigenvalue weighted by molar-refractivity contribution is 8.01. The largest absolute Gasteiger partial charge is 0.481 e. The molecule has 1 N–H and O–H groups in total. The van der Waals surface area contributed by atoms with E-state index in [1.807, 2.05) is 0 Å². The lowest BCUT2D eigenvalue weighted by Gasteiger charge is -2.04. The second kappa shape index (κ2) is 6.42. The average molecular weight is 345 g/mol. The van der Waals surface area contributed by atoms with Crippen LogP contribution in [0, 0.1) is 17.0 Å². The number of aromatic nitrogens is 1. The van der Waals surface area contributed by atoms with E-state index in [9.17, 15) is 14.9 Å². The second-order valence-corrected chi connectivity index (χ2v) is 6.66. The van der Waals surface area contributed by atoms with Gasteiger partial charge in [0.05, 0.1) is 17.0 Å². The zero-order valence-corrected chi connectivity index (χ0v) is 13.1. The number of carboxylic acids is 1. The lowest BCUT2D eigenvalue weighted by Crippen LogP contribution is -1.99. The Morgan fingerprint density at radius 3 is 2.90 bits per heavy atom. The molecule has 0 aliphatic rings. The fourth-order valence-corrected chi connectivity index (χ4v) is 3.76. The second-order valence-electron chi connectivity index (χ2n) is 4.10. The van der Waals surface area contributed by atoms with Crippen molar-refractivity contribution in [2.24, 2.45) is 0 Å². The molecule has 0 radical (unpaired) electrons. The topological polar surface area (TPSA) is 93.3 Å². The summed E-state index contributed by atoms with van der Waals surface area (Å²) in [5.41, 5.74) is 1.07. The number of carbonyl (C=O) groups is 1. The van der Waals surface area contributed by atoms with E-state index in [0.717, 1.165) is 4.90 Å². The summed E-state index contributed by atoms with van der Waals surface area (Å²) >= 11 is 8.51. The molecule has 21 heavy (non-hydrogen) atoms. The number of rotatable bonds is 5. The minimum absolute atomic E-state index is 0.0652. The first-order valence-corrected chi connectivity index (χ1v) is 7.73. The molecule has 9 heteroatoms. The van der Waals surface area contributed by atoms with Crippen molar-refractivity contribution >= 4 is 46.4 Å². The van der Waals surface area contributed by atoms with Crippen LogP contribution in [0.2, 0.25) is 5.02 Å². The lowest BCUT2D eigenvalue weighted by molar-refractivity contribution is -0.384. The highest BCUT2D eigenvalue weighted by Gasteiger charge is 2.16. The van der Waals surface area contributed by atoms with Crippen molar-refractivity contribution < 1.29 is 14.8 Å². The molecule has 2 rings (SSSR count). The van der Waals surface area contributed by atoms with Crippen LogP contribution < -0.4 is 0 Å². The number of aryl methyl sites for hydroxylation is 1. The summed E-state index contributed by atoms with van der Waals surface area (Å²) in [5.74, 6) is -0.939. The van der Waals surface area contributed by atoms with Crippen molar-refractivity contribution in [1.82, 2.24) is 4.98 Å². The van der Waals surface area contributed by atoms with Crippen molar-refractivity contribution in [3.63, 3.8) is 0 Å². The zero-order valence-electron chi connectivity index (χ0n) is 10.7. The summed E-state index contributed by atoms with van der Waals surface area (Å²) in [4.78, 5) is 25.8. The van der Waals surface area contributed by atoms with Gasteiger partial charge in [0.15, 0.2) is 4.34 Å². The number of hydrogen-bond acceptors (Lipinski definition) is 6. The fraction of sp³-hybridized carbons (Fsp3) is 0.167. The monoisotopic (exact) mass is 344 g/mol. The van der Waals surface area contributed by atoms with Crippen molar-refractivity contribution in [1.29, 1.82) is 0 Å². The van der Waals surface area contributed by atoms with E-state index in [2.05, 4.69) is 4.98 Å². The Bertz CT molecular complexity index is 717. The first kappa shape index (κ1) is 15.7. The number of carboxylic acid groups (broad SMARTS) is 1. The Morgan fingerprint density at radius 1 is 1.57 bits per heavy atom. The number of nitrogens with zero attached hydrogens (tertiary/aromatic N) is 2. The van der Waals surface area contributed by atoms with Crippen LogP contribution in [-0.2, 0) is 11.2 Å². The van der Waals surface area contributed by atoms with E-state index < -0.39 is 10.9 Å². The molecule has 0 saturated heterocycles. The zero-order chi connectivity index (χ0) is 15.6. The van der Waals surface area contributed by atoms with Gasteiger partial charge in [-0.1, -0.05) is 23.4 Å². The van der Waals surface area contributed by atoms with Gasteiger partial charge < -0.3 is 5.11 Å². The number of benzene rings is 1. The molecule has 0 fully saturated rings. The van der Waals surface area contributed by atoms with E-state index in [-0.39, 0.29) is 17.1 Å². The van der Waals surface area contributed by atoms with Gasteiger partial charge in [-0.3, -0.25) is 14.9 Å². The van der Waals surface area contributed by atoms with Gasteiger partial charge in [0.1, 0.15) is 5.02 Å². The molecular formula is C12H9ClN2O4S2. The first-order valence-electron chi connectivity index (χ1n) is 5.65. The third-order valence-corrected chi connectivity index (χ3v) is 4.95. The molecule has 0 bridgehead atoms. The summed E-state index contributed by atoms with van der Waals surface area (Å²) in [5, 5.41) is 21.2. The van der Waals surface area contributed by atoms with Gasteiger partial charge in [-0.15, -0.1) is 11.3 Å². The Labute approximate surface area is 132 Å². The quantitative estimate of drug-likeness (QED) is 0.655. The third-order valence-electron chi connectivity index (χ3n) is 2.50. The predicted molar refractivity (Wildman–Crippen MR) is 80.4 cm³/mol. The van der Waals surface area contributed by atoms with Gasteiger partial charge in [-0.25, -0.2) is 4.98 Å². The average Bonchev–Trinajstić information content (AvgIpc) is 2.79. The molecule has 0 saturated carbocycles. The molecule has 0 atom stereocenters. The van der Waals surface area contributed by atoms with Crippen LogP contribution in [0.4, 0.5) is 5.69 Å². The van der Waals surface area contributed by atoms with Crippen molar-refractivity contribution in [2.45, 2.75) is 22.6 Å². The van der Waals surface area contributed by atoms with E-state index >= 15 is 0 Å². The van der Waals surface area contributed by atoms with Crippen LogP contribution >= 0.6 is 34.7 Å². The smallest absolute Gasteiger partial charge is 0.309 e. The molecule has 0 spiro atoms. The normalized spacial score (nSPS) is 10.6. The summed E-state index contributed by atoms with van der Waals surface area (Å²) in [7, 11) is 0. The van der Waals surface area contributed by atoms with Crippen LogP contribution in [0.15, 0.2) is 26.7 Å². The Hall–Kier alpha value is -1.64. The number of hydrogen-bond donors (Lipinski definition) is 1. The molecule has 0 amide bonds. The predicted octanol–water partition coefficient (Wildman–Crippen LogP) is 3.79. The maximum atomic E-state index is 10.8. The molecule has 0 unspecified atom stereocenters. The molecular weight excluding hydrogens is 336 g/mol. The van der Waals surface area contributed by atoms with Crippen LogP contribution in [0.1, 0.15) is 11.3 Å². The van der Waals surface area contributed by atoms with Crippen molar-refractivity contribution in [3.05, 3.63) is 43.9 Å². The molecule has 1 aromatic heterocycles. The Balaban J connectivity index is 2.23. The van der Waals surface area contributed by atoms with Crippen LogP contribution in [0.25, 0.3) is 0 Å². The molecule has 1 heterocycles. The first-order chi connectivity index (χ1) is 9.86. The number of nitro benzene ring substituents is 1.